The fourth-order valence-electron chi connectivity index (χ4n) is 3.85. The average Bonchev–Trinajstić information content (AvgIpc) is 2.82. The van der Waals surface area contributed by atoms with E-state index in [0.29, 0.717) is 5.56 Å². The summed E-state index contributed by atoms with van der Waals surface area (Å²) in [6.45, 7) is 7.81. The molecule has 0 aromatic heterocycles. The van der Waals surface area contributed by atoms with E-state index in [1.54, 1.807) is 12.1 Å². The largest absolute Gasteiger partial charge is 0.478 e. The molecule has 0 fully saturated rings. The highest BCUT2D eigenvalue weighted by molar-refractivity contribution is 5.94. The maximum Gasteiger partial charge on any atom is 0.335 e. The molecule has 1 aliphatic rings. The molecule has 0 saturated carbocycles. The lowest BCUT2D eigenvalue weighted by Crippen LogP contribution is -2.33. The number of carbonyl (C=O) groups is 1. The summed E-state index contributed by atoms with van der Waals surface area (Å²) in [5.41, 5.74) is 5.51. The van der Waals surface area contributed by atoms with E-state index in [1.807, 2.05) is 12.1 Å². The zero-order chi connectivity index (χ0) is 18.0. The third-order valence-electron chi connectivity index (χ3n) is 5.49. The molecule has 0 aliphatic carbocycles. The molecule has 25 heavy (non-hydrogen) atoms. The van der Waals surface area contributed by atoms with E-state index < -0.39 is 5.97 Å². The highest BCUT2D eigenvalue weighted by Gasteiger charge is 2.45. The number of carboxylic acids is 1. The lowest BCUT2D eigenvalue weighted by Gasteiger charge is -2.22. The zero-order valence-corrected chi connectivity index (χ0v) is 15.2. The second-order valence-electron chi connectivity index (χ2n) is 7.12. The van der Waals surface area contributed by atoms with E-state index >= 15 is 0 Å². The minimum Gasteiger partial charge on any atom is -0.478 e. The number of fused-ring (bicyclic) bond motifs is 1. The van der Waals surface area contributed by atoms with Gasteiger partial charge in [-0.15, -0.1) is 0 Å². The number of unbranched alkanes of at least 4 members (excludes halogenated alkanes) is 1. The van der Waals surface area contributed by atoms with Gasteiger partial charge in [0, 0.05) is 25.0 Å². The predicted molar refractivity (Wildman–Crippen MR) is 101 cm³/mol. The van der Waals surface area contributed by atoms with Gasteiger partial charge in [0.05, 0.1) is 11.0 Å². The molecule has 1 aliphatic heterocycles. The first kappa shape index (κ1) is 17.4. The summed E-state index contributed by atoms with van der Waals surface area (Å²) in [6.07, 6.45) is 3.23. The van der Waals surface area contributed by atoms with Crippen molar-refractivity contribution in [1.29, 1.82) is 0 Å². The maximum atomic E-state index is 11.1. The van der Waals surface area contributed by atoms with E-state index in [0.717, 1.165) is 13.0 Å². The molecule has 1 N–H and O–H groups in total. The number of benzene rings is 2. The first-order chi connectivity index (χ1) is 12.0. The van der Waals surface area contributed by atoms with Crippen LogP contribution in [0.4, 0.5) is 5.69 Å². The Balaban J connectivity index is 1.98. The molecule has 1 heterocycles. The molecule has 0 radical (unpaired) electrons. The summed E-state index contributed by atoms with van der Waals surface area (Å²) in [5.74, 6) is -0.877. The average molecular weight is 336 g/mol. The summed E-state index contributed by atoms with van der Waals surface area (Å²) >= 11 is 0. The van der Waals surface area contributed by atoms with E-state index in [9.17, 15) is 4.79 Å². The Morgan fingerprint density at radius 1 is 1.12 bits per heavy atom. The third-order valence-corrected chi connectivity index (χ3v) is 5.49. The van der Waals surface area contributed by atoms with Crippen molar-refractivity contribution in [1.82, 2.24) is 0 Å². The Labute approximate surface area is 149 Å². The predicted octanol–water partition coefficient (Wildman–Crippen LogP) is 4.80. The molecule has 130 valence electrons. The smallest absolute Gasteiger partial charge is 0.335 e. The molecule has 0 amide bonds. The molecule has 2 aromatic rings. The van der Waals surface area contributed by atoms with Gasteiger partial charge in [-0.25, -0.2) is 4.79 Å². The van der Waals surface area contributed by atoms with Gasteiger partial charge < -0.3 is 5.11 Å². The fraction of sp³-hybridized carbons (Fsp3) is 0.364. The number of hydrogen-bond donors (Lipinski definition) is 1. The van der Waals surface area contributed by atoms with Crippen LogP contribution in [0.15, 0.2) is 48.5 Å². The van der Waals surface area contributed by atoms with Crippen LogP contribution >= 0.6 is 0 Å². The van der Waals surface area contributed by atoms with Crippen LogP contribution in [0, 0.1) is 0 Å². The normalized spacial score (nSPS) is 19.2. The molecular weight excluding hydrogens is 310 g/mol. The molecule has 2 aromatic carbocycles. The number of para-hydroxylation sites is 1. The van der Waals surface area contributed by atoms with E-state index in [2.05, 4.69) is 49.6 Å². The number of rotatable bonds is 6. The Morgan fingerprint density at radius 2 is 1.80 bits per heavy atom. The van der Waals surface area contributed by atoms with E-state index in [4.69, 9.17) is 5.11 Å². The van der Waals surface area contributed by atoms with Crippen LogP contribution in [0.3, 0.4) is 0 Å². The van der Waals surface area contributed by atoms with Crippen LogP contribution in [0.25, 0.3) is 0 Å². The summed E-state index contributed by atoms with van der Waals surface area (Å²) in [5, 5.41) is 9.09. The van der Waals surface area contributed by atoms with E-state index in [1.165, 1.54) is 35.4 Å². The first-order valence-electron chi connectivity index (χ1n) is 9.00. The van der Waals surface area contributed by atoms with Crippen molar-refractivity contribution in [2.24, 2.45) is 0 Å². The number of carboxylic acid groups (broad SMARTS) is 1. The molecule has 3 rings (SSSR count). The fourth-order valence-corrected chi connectivity index (χ4v) is 3.85. The van der Waals surface area contributed by atoms with E-state index in [-0.39, 0.29) is 5.41 Å². The molecule has 1 atom stereocenters. The standard InChI is InChI=1S/C22H25NO2/c1-4-5-14-23-16(2)22(3,19-8-6-7-9-20(19)23)15-17-10-12-18(13-11-17)21(24)25/h6-13H,4-5,14-15H2,1-3H3/p+1. The molecule has 0 spiro atoms. The Morgan fingerprint density at radius 3 is 2.44 bits per heavy atom. The van der Waals surface area contributed by atoms with Gasteiger partial charge in [0.25, 0.3) is 0 Å². The second kappa shape index (κ2) is 6.83. The van der Waals surface area contributed by atoms with Crippen molar-refractivity contribution in [3.8, 4) is 0 Å². The highest BCUT2D eigenvalue weighted by Crippen LogP contribution is 2.41. The quantitative estimate of drug-likeness (QED) is 0.770. The Kier molecular flexibility index (Phi) is 4.76. The van der Waals surface area contributed by atoms with Crippen molar-refractivity contribution in [3.63, 3.8) is 0 Å². The summed E-state index contributed by atoms with van der Waals surface area (Å²) < 4.78 is 2.46. The molecule has 0 saturated heterocycles. The maximum absolute atomic E-state index is 11.1. The second-order valence-corrected chi connectivity index (χ2v) is 7.12. The molecule has 0 bridgehead atoms. The van der Waals surface area contributed by atoms with Crippen LogP contribution in [-0.2, 0) is 11.8 Å². The summed E-state index contributed by atoms with van der Waals surface area (Å²) in [4.78, 5) is 11.1. The van der Waals surface area contributed by atoms with Crippen LogP contribution in [0.2, 0.25) is 0 Å². The van der Waals surface area contributed by atoms with Crippen LogP contribution in [0.1, 0.15) is 55.1 Å². The lowest BCUT2D eigenvalue weighted by atomic mass is 9.75. The minimum absolute atomic E-state index is 0.0604. The van der Waals surface area contributed by atoms with Crippen molar-refractivity contribution < 1.29 is 14.5 Å². The molecule has 3 heteroatoms. The van der Waals surface area contributed by atoms with Gasteiger partial charge in [0.15, 0.2) is 5.71 Å². The van der Waals surface area contributed by atoms with Gasteiger partial charge in [0.1, 0.15) is 6.54 Å². The SMILES string of the molecule is CCCC[N+]1=C(C)C(C)(Cc2ccc(C(=O)O)cc2)c2ccccc21. The minimum atomic E-state index is -0.877. The monoisotopic (exact) mass is 336 g/mol. The van der Waals surface area contributed by atoms with Crippen LogP contribution in [-0.4, -0.2) is 27.9 Å². The highest BCUT2D eigenvalue weighted by atomic mass is 16.4. The number of aromatic carboxylic acids is 1. The van der Waals surface area contributed by atoms with Crippen molar-refractivity contribution >= 4 is 17.4 Å². The lowest BCUT2D eigenvalue weighted by molar-refractivity contribution is -0.439. The molecular formula is C22H26NO2+. The van der Waals surface area contributed by atoms with Crippen molar-refractivity contribution in [2.75, 3.05) is 6.54 Å². The molecule has 3 nitrogen and oxygen atoms in total. The van der Waals surface area contributed by atoms with Crippen LogP contribution < -0.4 is 0 Å². The van der Waals surface area contributed by atoms with Gasteiger partial charge in [-0.1, -0.05) is 43.7 Å². The summed E-state index contributed by atoms with van der Waals surface area (Å²) in [6, 6.07) is 16.0. The Hall–Kier alpha value is -2.42. The number of hydrogen-bond acceptors (Lipinski definition) is 1. The Bertz CT molecular complexity index is 820. The van der Waals surface area contributed by atoms with Gasteiger partial charge >= 0.3 is 5.97 Å². The third kappa shape index (κ3) is 3.11. The molecule has 1 unspecified atom stereocenters. The van der Waals surface area contributed by atoms with Crippen LogP contribution in [0.5, 0.6) is 0 Å². The zero-order valence-electron chi connectivity index (χ0n) is 15.2. The van der Waals surface area contributed by atoms with Gasteiger partial charge in [0.2, 0.25) is 5.69 Å². The van der Waals surface area contributed by atoms with Crippen molar-refractivity contribution in [2.45, 2.75) is 45.4 Å². The van der Waals surface area contributed by atoms with Gasteiger partial charge in [-0.05, 0) is 31.0 Å². The number of nitrogens with zero attached hydrogens (tertiary/aromatic N) is 1. The summed E-state index contributed by atoms with van der Waals surface area (Å²) in [7, 11) is 0. The first-order valence-corrected chi connectivity index (χ1v) is 9.00. The topological polar surface area (TPSA) is 40.3 Å². The van der Waals surface area contributed by atoms with Gasteiger partial charge in [-0.2, -0.15) is 4.58 Å². The van der Waals surface area contributed by atoms with Crippen molar-refractivity contribution in [3.05, 3.63) is 65.2 Å². The van der Waals surface area contributed by atoms with Gasteiger partial charge in [-0.3, -0.25) is 0 Å².